The third-order valence-electron chi connectivity index (χ3n) is 5.12. The maximum Gasteiger partial charge on any atom is 3.00 e. The molecule has 6 nitrogen and oxygen atoms in total. The second-order valence-corrected chi connectivity index (χ2v) is 8.87. The Morgan fingerprint density at radius 2 is 0.677 bits per heavy atom. The van der Waals surface area contributed by atoms with Crippen molar-refractivity contribution in [1.29, 1.82) is 0 Å². The van der Waals surface area contributed by atoms with Crippen LogP contribution in [0, 0.1) is 35.5 Å². The summed E-state index contributed by atoms with van der Waals surface area (Å²) >= 11 is 0. The minimum absolute atomic E-state index is 0. The summed E-state index contributed by atoms with van der Waals surface area (Å²) in [5.74, 6) is -2.90. The maximum atomic E-state index is 10.4. The monoisotopic (exact) mass is 485 g/mol. The van der Waals surface area contributed by atoms with Crippen LogP contribution in [0.15, 0.2) is 0 Å². The molecule has 0 heterocycles. The minimum Gasteiger partial charge on any atom is -0.550 e. The fraction of sp³-hybridized carbons (Fsp3) is 0.875. The molecule has 0 aromatic rings. The summed E-state index contributed by atoms with van der Waals surface area (Å²) in [5, 5.41) is 31.3. The molecule has 0 bridgehead atoms. The van der Waals surface area contributed by atoms with Gasteiger partial charge in [-0.05, 0) is 37.0 Å². The van der Waals surface area contributed by atoms with Crippen LogP contribution in [-0.2, 0) is 31.5 Å². The van der Waals surface area contributed by atoms with E-state index in [-0.39, 0.29) is 52.6 Å². The summed E-state index contributed by atoms with van der Waals surface area (Å²) in [6.45, 7) is 17.4. The molecule has 0 N–H and O–H groups in total. The number of carbonyl (C=O) groups is 3. The molecule has 0 aliphatic rings. The first-order chi connectivity index (χ1) is 13.8. The van der Waals surface area contributed by atoms with Gasteiger partial charge in [0.05, 0.1) is 0 Å². The van der Waals surface area contributed by atoms with Crippen LogP contribution in [0.3, 0.4) is 0 Å². The average Bonchev–Trinajstić information content (AvgIpc) is 2.61. The van der Waals surface area contributed by atoms with Gasteiger partial charge in [0, 0.05) is 35.7 Å². The van der Waals surface area contributed by atoms with Gasteiger partial charge in [0.25, 0.3) is 0 Å². The Hall–Kier alpha value is -1.07. The Bertz CT molecular complexity index is 396. The molecule has 0 rings (SSSR count). The van der Waals surface area contributed by atoms with Gasteiger partial charge >= 0.3 is 17.1 Å². The molecule has 31 heavy (non-hydrogen) atoms. The molecule has 185 valence electrons. The molecule has 3 unspecified atom stereocenters. The summed E-state index contributed by atoms with van der Waals surface area (Å²) in [4.78, 5) is 31.3. The van der Waals surface area contributed by atoms with Crippen molar-refractivity contribution in [2.45, 2.75) is 101 Å². The van der Waals surface area contributed by atoms with Gasteiger partial charge in [-0.3, -0.25) is 0 Å². The molecule has 0 spiro atoms. The molecule has 3 atom stereocenters. The molecule has 0 aliphatic heterocycles. The molecule has 0 fully saturated rings. The second-order valence-electron chi connectivity index (χ2n) is 8.87. The quantitative estimate of drug-likeness (QED) is 0.392. The Morgan fingerprint density at radius 1 is 0.516 bits per heavy atom. The largest absolute Gasteiger partial charge is 3.00 e. The van der Waals surface area contributed by atoms with Gasteiger partial charge in [-0.2, -0.15) is 0 Å². The number of rotatable bonds is 12. The molecule has 0 saturated heterocycles. The summed E-state index contributed by atoms with van der Waals surface area (Å²) in [5.41, 5.74) is 0. The van der Waals surface area contributed by atoms with Crippen LogP contribution in [0.25, 0.3) is 0 Å². The molecular weight excluding hydrogens is 440 g/mol. The van der Waals surface area contributed by atoms with Crippen molar-refractivity contribution in [3.63, 3.8) is 0 Å². The van der Waals surface area contributed by atoms with Gasteiger partial charge in [0.2, 0.25) is 0 Å². The van der Waals surface area contributed by atoms with E-state index in [4.69, 9.17) is 0 Å². The van der Waals surface area contributed by atoms with E-state index in [1.807, 2.05) is 62.3 Å². The van der Waals surface area contributed by atoms with Crippen molar-refractivity contribution in [3.05, 3.63) is 0 Å². The van der Waals surface area contributed by atoms with Gasteiger partial charge in [-0.1, -0.05) is 81.6 Å². The van der Waals surface area contributed by atoms with Gasteiger partial charge in [-0.25, -0.2) is 0 Å². The zero-order chi connectivity index (χ0) is 24.4. The van der Waals surface area contributed by atoms with E-state index in [0.717, 1.165) is 38.5 Å². The summed E-state index contributed by atoms with van der Waals surface area (Å²) in [7, 11) is 0. The normalized spacial score (nSPS) is 13.2. The molecule has 0 aromatic heterocycles. The summed E-state index contributed by atoms with van der Waals surface area (Å²) < 4.78 is 0. The summed E-state index contributed by atoms with van der Waals surface area (Å²) in [6, 6.07) is 0. The zero-order valence-corrected chi connectivity index (χ0v) is 22.1. The van der Waals surface area contributed by atoms with Crippen LogP contribution >= 0.6 is 0 Å². The molecule has 1 radical (unpaired) electrons. The van der Waals surface area contributed by atoms with E-state index >= 15 is 0 Å². The van der Waals surface area contributed by atoms with Crippen LogP contribution in [0.2, 0.25) is 0 Å². The van der Waals surface area contributed by atoms with Crippen molar-refractivity contribution in [2.24, 2.45) is 35.5 Å². The number of hydrogen-bond acceptors (Lipinski definition) is 6. The number of aliphatic carboxylic acids is 3. The van der Waals surface area contributed by atoms with E-state index < -0.39 is 17.9 Å². The third kappa shape index (κ3) is 20.6. The van der Waals surface area contributed by atoms with Crippen LogP contribution in [-0.4, -0.2) is 17.9 Å². The third-order valence-corrected chi connectivity index (χ3v) is 5.12. The van der Waals surface area contributed by atoms with Crippen molar-refractivity contribution in [1.82, 2.24) is 0 Å². The number of carbonyl (C=O) groups excluding carboxylic acids is 3. The van der Waals surface area contributed by atoms with Crippen molar-refractivity contribution < 1.29 is 46.8 Å². The maximum absolute atomic E-state index is 10.4. The van der Waals surface area contributed by atoms with Gasteiger partial charge in [0.1, 0.15) is 0 Å². The summed E-state index contributed by atoms with van der Waals surface area (Å²) in [6.07, 6.45) is 4.95. The van der Waals surface area contributed by atoms with Gasteiger partial charge < -0.3 is 29.7 Å². The average molecular weight is 485 g/mol. The van der Waals surface area contributed by atoms with Gasteiger partial charge in [0.15, 0.2) is 0 Å². The van der Waals surface area contributed by atoms with Crippen molar-refractivity contribution in [3.8, 4) is 0 Å². The predicted octanol–water partition coefficient (Wildman–Crippen LogP) is 2.42. The molecular formula is C24H45FeO6. The van der Waals surface area contributed by atoms with Crippen LogP contribution < -0.4 is 15.3 Å². The standard InChI is InChI=1S/3C8H16O2.Fe/c3*1-4-5-7(6(2)3)8(9)10;/h3*6-7H,4-5H2,1-3H3,(H,9,10);/q;;;+3/p-3. The topological polar surface area (TPSA) is 120 Å². The van der Waals surface area contributed by atoms with E-state index in [1.165, 1.54) is 0 Å². The first kappa shape index (κ1) is 37.3. The number of hydrogen-bond donors (Lipinski definition) is 0. The molecule has 0 aliphatic carbocycles. The van der Waals surface area contributed by atoms with Crippen LogP contribution in [0.1, 0.15) is 101 Å². The van der Waals surface area contributed by atoms with E-state index in [0.29, 0.717) is 0 Å². The SMILES string of the molecule is CCCC(C(=O)[O-])C(C)C.CCCC(C(=O)[O-])C(C)C.CCCC(C(=O)[O-])C(C)C.[Fe+3]. The zero-order valence-electron chi connectivity index (χ0n) is 21.0. The van der Waals surface area contributed by atoms with E-state index in [1.54, 1.807) is 0 Å². The minimum atomic E-state index is -0.906. The van der Waals surface area contributed by atoms with Crippen LogP contribution in [0.5, 0.6) is 0 Å². The fourth-order valence-electron chi connectivity index (χ4n) is 3.10. The van der Waals surface area contributed by atoms with Gasteiger partial charge in [-0.15, -0.1) is 0 Å². The van der Waals surface area contributed by atoms with Crippen LogP contribution in [0.4, 0.5) is 0 Å². The van der Waals surface area contributed by atoms with Crippen molar-refractivity contribution in [2.75, 3.05) is 0 Å². The smallest absolute Gasteiger partial charge is 0.550 e. The Labute approximate surface area is 201 Å². The Kier molecular flexibility index (Phi) is 26.6. The molecule has 0 amide bonds. The first-order valence-electron chi connectivity index (χ1n) is 11.4. The number of carboxylic acid groups (broad SMARTS) is 3. The first-order valence-corrected chi connectivity index (χ1v) is 11.4. The van der Waals surface area contributed by atoms with E-state index in [9.17, 15) is 29.7 Å². The number of carboxylic acids is 3. The predicted molar refractivity (Wildman–Crippen MR) is 115 cm³/mol. The fourth-order valence-corrected chi connectivity index (χ4v) is 3.10. The van der Waals surface area contributed by atoms with E-state index in [2.05, 4.69) is 0 Å². The second kappa shape index (κ2) is 22.1. The molecule has 7 heteroatoms. The Morgan fingerprint density at radius 3 is 0.710 bits per heavy atom. The Balaban J connectivity index is -0.000000174. The molecule has 0 aromatic carbocycles. The van der Waals surface area contributed by atoms with Crippen molar-refractivity contribution >= 4 is 17.9 Å². The molecule has 0 saturated carbocycles.